The lowest BCUT2D eigenvalue weighted by atomic mass is 10.3. The van der Waals surface area contributed by atoms with E-state index < -0.39 is 0 Å². The number of rotatable bonds is 1. The van der Waals surface area contributed by atoms with Crippen LogP contribution >= 0.6 is 0 Å². The summed E-state index contributed by atoms with van der Waals surface area (Å²) in [6.07, 6.45) is 3.12. The van der Waals surface area contributed by atoms with E-state index >= 15 is 0 Å². The van der Waals surface area contributed by atoms with Gasteiger partial charge in [-0.05, 0) is 25.1 Å². The van der Waals surface area contributed by atoms with Gasteiger partial charge in [0.05, 0.1) is 17.4 Å². The predicted molar refractivity (Wildman–Crippen MR) is 70.6 cm³/mol. The SMILES string of the molecule is CC.Cc1ccc(-n2cc(C#N)ccc2=O)cn1. The Morgan fingerprint density at radius 1 is 1.22 bits per heavy atom. The van der Waals surface area contributed by atoms with Crippen molar-refractivity contribution in [3.8, 4) is 11.8 Å². The summed E-state index contributed by atoms with van der Waals surface area (Å²) in [5, 5.41) is 8.76. The largest absolute Gasteiger partial charge is 0.281 e. The first-order chi connectivity index (χ1) is 8.70. The summed E-state index contributed by atoms with van der Waals surface area (Å²) >= 11 is 0. The molecule has 0 saturated carbocycles. The van der Waals surface area contributed by atoms with E-state index in [1.165, 1.54) is 22.9 Å². The number of nitriles is 1. The standard InChI is InChI=1S/C12H9N3O.C2H6/c1-9-2-4-11(7-14-9)15-8-10(6-13)3-5-12(15)16;1-2/h2-5,7-8H,1H3;1-2H3. The van der Waals surface area contributed by atoms with E-state index in [1.807, 2.05) is 32.9 Å². The van der Waals surface area contributed by atoms with E-state index in [-0.39, 0.29) is 5.56 Å². The number of aromatic nitrogens is 2. The van der Waals surface area contributed by atoms with Gasteiger partial charge in [-0.3, -0.25) is 14.3 Å². The number of hydrogen-bond donors (Lipinski definition) is 0. The Labute approximate surface area is 106 Å². The highest BCUT2D eigenvalue weighted by Crippen LogP contribution is 2.05. The van der Waals surface area contributed by atoms with Gasteiger partial charge >= 0.3 is 0 Å². The minimum Gasteiger partial charge on any atom is -0.281 e. The van der Waals surface area contributed by atoms with Crippen molar-refractivity contribution in [2.45, 2.75) is 20.8 Å². The van der Waals surface area contributed by atoms with E-state index in [0.717, 1.165) is 5.69 Å². The molecule has 0 amide bonds. The fraction of sp³-hybridized carbons (Fsp3) is 0.214. The zero-order chi connectivity index (χ0) is 13.5. The fourth-order valence-electron chi connectivity index (χ4n) is 1.36. The molecule has 0 radical (unpaired) electrons. The third-order valence-corrected chi connectivity index (χ3v) is 2.21. The molecule has 0 aromatic carbocycles. The van der Waals surface area contributed by atoms with Gasteiger partial charge in [-0.15, -0.1) is 0 Å². The molecule has 0 aliphatic carbocycles. The molecule has 2 aromatic rings. The summed E-state index contributed by atoms with van der Waals surface area (Å²) in [5.41, 5.74) is 1.81. The first-order valence-electron chi connectivity index (χ1n) is 5.76. The van der Waals surface area contributed by atoms with E-state index in [1.54, 1.807) is 12.3 Å². The maximum absolute atomic E-state index is 11.6. The fourth-order valence-corrected chi connectivity index (χ4v) is 1.36. The Hall–Kier alpha value is -2.41. The van der Waals surface area contributed by atoms with Crippen molar-refractivity contribution < 1.29 is 0 Å². The van der Waals surface area contributed by atoms with Crippen LogP contribution in [-0.4, -0.2) is 9.55 Å². The van der Waals surface area contributed by atoms with E-state index in [2.05, 4.69) is 4.98 Å². The molecule has 2 rings (SSSR count). The molecule has 0 aliphatic rings. The van der Waals surface area contributed by atoms with Crippen LogP contribution < -0.4 is 5.56 Å². The highest BCUT2D eigenvalue weighted by atomic mass is 16.1. The van der Waals surface area contributed by atoms with E-state index in [9.17, 15) is 4.79 Å². The zero-order valence-corrected chi connectivity index (χ0v) is 10.7. The van der Waals surface area contributed by atoms with E-state index in [4.69, 9.17) is 5.26 Å². The maximum atomic E-state index is 11.6. The Kier molecular flexibility index (Phi) is 4.82. The lowest BCUT2D eigenvalue weighted by Gasteiger charge is -2.04. The van der Waals surface area contributed by atoms with Crippen LogP contribution in [0.15, 0.2) is 41.5 Å². The summed E-state index contributed by atoms with van der Waals surface area (Å²) in [7, 11) is 0. The first kappa shape index (κ1) is 13.7. The smallest absolute Gasteiger partial charge is 0.255 e. The summed E-state index contributed by atoms with van der Waals surface area (Å²) in [6, 6.07) is 8.49. The lowest BCUT2D eigenvalue weighted by Crippen LogP contribution is -2.16. The van der Waals surface area contributed by atoms with Gasteiger partial charge in [-0.2, -0.15) is 5.26 Å². The third-order valence-electron chi connectivity index (χ3n) is 2.21. The molecule has 0 saturated heterocycles. The molecule has 2 aromatic heterocycles. The van der Waals surface area contributed by atoms with Crippen molar-refractivity contribution in [2.75, 3.05) is 0 Å². The van der Waals surface area contributed by atoms with Gasteiger partial charge in [0, 0.05) is 18.0 Å². The minimum absolute atomic E-state index is 0.176. The Morgan fingerprint density at radius 3 is 2.50 bits per heavy atom. The summed E-state index contributed by atoms with van der Waals surface area (Å²) in [6.45, 7) is 5.87. The van der Waals surface area contributed by atoms with Crippen molar-refractivity contribution in [1.82, 2.24) is 9.55 Å². The van der Waals surface area contributed by atoms with Crippen molar-refractivity contribution >= 4 is 0 Å². The van der Waals surface area contributed by atoms with Gasteiger partial charge in [0.2, 0.25) is 0 Å². The molecule has 4 nitrogen and oxygen atoms in total. The number of nitrogens with zero attached hydrogens (tertiary/aromatic N) is 3. The molecule has 0 fully saturated rings. The molecule has 0 N–H and O–H groups in total. The molecule has 92 valence electrons. The number of aryl methyl sites for hydroxylation is 1. The van der Waals surface area contributed by atoms with Gasteiger partial charge in [-0.25, -0.2) is 0 Å². The van der Waals surface area contributed by atoms with Crippen LogP contribution in [0.5, 0.6) is 0 Å². The maximum Gasteiger partial charge on any atom is 0.255 e. The van der Waals surface area contributed by atoms with Crippen molar-refractivity contribution in [3.05, 3.63) is 58.3 Å². The Balaban J connectivity index is 0.000000771. The topological polar surface area (TPSA) is 58.7 Å². The normalized spacial score (nSPS) is 9.00. The number of pyridine rings is 2. The third kappa shape index (κ3) is 3.05. The average Bonchev–Trinajstić information content (AvgIpc) is 2.43. The first-order valence-corrected chi connectivity index (χ1v) is 5.76. The molecular formula is C14H15N3O. The summed E-state index contributed by atoms with van der Waals surface area (Å²) in [4.78, 5) is 15.7. The summed E-state index contributed by atoms with van der Waals surface area (Å²) in [5.74, 6) is 0. The van der Waals surface area contributed by atoms with Gasteiger partial charge in [0.1, 0.15) is 6.07 Å². The lowest BCUT2D eigenvalue weighted by molar-refractivity contribution is 0.968. The molecule has 0 spiro atoms. The highest BCUT2D eigenvalue weighted by Gasteiger charge is 2.01. The highest BCUT2D eigenvalue weighted by molar-refractivity contribution is 5.34. The quantitative estimate of drug-likeness (QED) is 0.770. The molecule has 0 unspecified atom stereocenters. The second-order valence-corrected chi connectivity index (χ2v) is 3.40. The second-order valence-electron chi connectivity index (χ2n) is 3.40. The molecule has 0 aliphatic heterocycles. The van der Waals surface area contributed by atoms with Crippen molar-refractivity contribution in [1.29, 1.82) is 5.26 Å². The molecule has 2 heterocycles. The van der Waals surface area contributed by atoms with Crippen LogP contribution in [0.1, 0.15) is 25.1 Å². The van der Waals surface area contributed by atoms with Crippen LogP contribution in [-0.2, 0) is 0 Å². The molecule has 0 bridgehead atoms. The van der Waals surface area contributed by atoms with Crippen LogP contribution in [0.2, 0.25) is 0 Å². The van der Waals surface area contributed by atoms with Crippen LogP contribution in [0.4, 0.5) is 0 Å². The molecule has 4 heteroatoms. The van der Waals surface area contributed by atoms with Gasteiger partial charge in [0.15, 0.2) is 0 Å². The van der Waals surface area contributed by atoms with Crippen molar-refractivity contribution in [2.24, 2.45) is 0 Å². The van der Waals surface area contributed by atoms with Crippen LogP contribution in [0.3, 0.4) is 0 Å². The summed E-state index contributed by atoms with van der Waals surface area (Å²) < 4.78 is 1.41. The molecular weight excluding hydrogens is 226 g/mol. The Morgan fingerprint density at radius 2 is 1.94 bits per heavy atom. The average molecular weight is 241 g/mol. The molecule has 18 heavy (non-hydrogen) atoms. The van der Waals surface area contributed by atoms with Crippen molar-refractivity contribution in [3.63, 3.8) is 0 Å². The molecule has 0 atom stereocenters. The van der Waals surface area contributed by atoms with Crippen LogP contribution in [0.25, 0.3) is 5.69 Å². The monoisotopic (exact) mass is 241 g/mol. The van der Waals surface area contributed by atoms with E-state index in [0.29, 0.717) is 11.3 Å². The predicted octanol–water partition coefficient (Wildman–Crippen LogP) is 2.44. The van der Waals surface area contributed by atoms with Crippen LogP contribution in [0, 0.1) is 18.3 Å². The zero-order valence-electron chi connectivity index (χ0n) is 10.7. The van der Waals surface area contributed by atoms with Gasteiger partial charge in [-0.1, -0.05) is 13.8 Å². The van der Waals surface area contributed by atoms with Gasteiger partial charge < -0.3 is 0 Å². The minimum atomic E-state index is -0.176. The van der Waals surface area contributed by atoms with Gasteiger partial charge in [0.25, 0.3) is 5.56 Å². The Bertz CT molecular complexity index is 606. The number of hydrogen-bond acceptors (Lipinski definition) is 3. The second kappa shape index (κ2) is 6.36.